The lowest BCUT2D eigenvalue weighted by Crippen LogP contribution is -2.32. The molecule has 0 aliphatic carbocycles. The van der Waals surface area contributed by atoms with Crippen LogP contribution in [0.5, 0.6) is 0 Å². The largest absolute Gasteiger partial charge is 0.394 e. The van der Waals surface area contributed by atoms with Crippen LogP contribution in [0.2, 0.25) is 0 Å². The van der Waals surface area contributed by atoms with Crippen LogP contribution < -0.4 is 11.4 Å². The van der Waals surface area contributed by atoms with Crippen molar-refractivity contribution >= 4 is 5.82 Å². The molecule has 0 fully saturated rings. The van der Waals surface area contributed by atoms with Crippen molar-refractivity contribution in [1.82, 2.24) is 9.55 Å². The first-order chi connectivity index (χ1) is 7.67. The maximum Gasteiger partial charge on any atom is 0.349 e. The average molecular weight is 229 g/mol. The molecule has 1 heterocycles. The minimum atomic E-state index is -0.511. The Balaban J connectivity index is 2.66. The van der Waals surface area contributed by atoms with Crippen molar-refractivity contribution in [3.05, 3.63) is 22.7 Å². The normalized spacial score (nSPS) is 12.6. The lowest BCUT2D eigenvalue weighted by Gasteiger charge is -2.15. The zero-order valence-corrected chi connectivity index (χ0v) is 9.00. The number of nitrogens with two attached hydrogens (primary N) is 1. The third kappa shape index (κ3) is 3.61. The highest BCUT2D eigenvalue weighted by Crippen LogP contribution is 1.96. The molecule has 1 aromatic heterocycles. The number of aromatic nitrogens is 2. The van der Waals surface area contributed by atoms with Crippen molar-refractivity contribution in [2.75, 3.05) is 26.2 Å². The molecule has 0 aromatic carbocycles. The van der Waals surface area contributed by atoms with Gasteiger partial charge in [0.05, 0.1) is 13.2 Å². The summed E-state index contributed by atoms with van der Waals surface area (Å²) in [4.78, 5) is 14.9. The minimum Gasteiger partial charge on any atom is -0.394 e. The Morgan fingerprint density at radius 3 is 3.00 bits per heavy atom. The average Bonchev–Trinajstić information content (AvgIpc) is 2.27. The molecule has 0 amide bonds. The van der Waals surface area contributed by atoms with E-state index in [9.17, 15) is 4.79 Å². The van der Waals surface area contributed by atoms with E-state index in [1.165, 1.54) is 23.9 Å². The van der Waals surface area contributed by atoms with E-state index in [-0.39, 0.29) is 25.8 Å². The number of nitrogens with zero attached hydrogens (tertiary/aromatic N) is 2. The lowest BCUT2D eigenvalue weighted by atomic mass is 10.3. The second-order valence-electron chi connectivity index (χ2n) is 3.17. The van der Waals surface area contributed by atoms with Gasteiger partial charge in [0.25, 0.3) is 0 Å². The van der Waals surface area contributed by atoms with Gasteiger partial charge in [-0.2, -0.15) is 4.98 Å². The van der Waals surface area contributed by atoms with E-state index in [2.05, 4.69) is 4.98 Å². The second-order valence-corrected chi connectivity index (χ2v) is 3.17. The Kier molecular flexibility index (Phi) is 4.90. The number of anilines is 1. The molecule has 0 radical (unpaired) electrons. The Bertz CT molecular complexity index is 379. The van der Waals surface area contributed by atoms with Crippen molar-refractivity contribution < 1.29 is 14.6 Å². The third-order valence-corrected chi connectivity index (χ3v) is 1.92. The number of hydrogen-bond acceptors (Lipinski definition) is 6. The number of aliphatic hydroxyl groups is 1. The van der Waals surface area contributed by atoms with Gasteiger partial charge in [0, 0.05) is 13.3 Å². The molecule has 0 bridgehead atoms. The van der Waals surface area contributed by atoms with Crippen LogP contribution in [-0.4, -0.2) is 41.3 Å². The van der Waals surface area contributed by atoms with Crippen LogP contribution in [0.4, 0.5) is 5.82 Å². The molecular formula is C9H15N3O4. The highest BCUT2D eigenvalue weighted by atomic mass is 16.7. The van der Waals surface area contributed by atoms with E-state index < -0.39 is 11.8 Å². The van der Waals surface area contributed by atoms with Gasteiger partial charge >= 0.3 is 5.69 Å². The molecule has 1 aromatic rings. The van der Waals surface area contributed by atoms with Crippen molar-refractivity contribution in [2.24, 2.45) is 0 Å². The molecule has 3 N–H and O–H groups in total. The van der Waals surface area contributed by atoms with Crippen LogP contribution in [0.15, 0.2) is 17.1 Å². The maximum atomic E-state index is 11.4. The van der Waals surface area contributed by atoms with Crippen molar-refractivity contribution in [1.29, 1.82) is 0 Å². The maximum absolute atomic E-state index is 11.4. The van der Waals surface area contributed by atoms with Gasteiger partial charge in [-0.25, -0.2) is 4.79 Å². The number of ether oxygens (including phenoxy) is 2. The summed E-state index contributed by atoms with van der Waals surface area (Å²) in [5, 5.41) is 9.02. The molecule has 0 aliphatic rings. The summed E-state index contributed by atoms with van der Waals surface area (Å²) in [5.74, 6) is 0.166. The van der Waals surface area contributed by atoms with Gasteiger partial charge < -0.3 is 20.3 Å². The summed E-state index contributed by atoms with van der Waals surface area (Å²) >= 11 is 0. The van der Waals surface area contributed by atoms with Gasteiger partial charge in [-0.3, -0.25) is 4.57 Å². The topological polar surface area (TPSA) is 99.6 Å². The van der Waals surface area contributed by atoms with Crippen LogP contribution in [0, 0.1) is 0 Å². The van der Waals surface area contributed by atoms with Gasteiger partial charge in [-0.1, -0.05) is 0 Å². The summed E-state index contributed by atoms with van der Waals surface area (Å²) in [5.41, 5.74) is 4.87. The summed E-state index contributed by atoms with van der Waals surface area (Å²) in [6.07, 6.45) is 0.992. The monoisotopic (exact) mass is 229 g/mol. The van der Waals surface area contributed by atoms with Gasteiger partial charge in [0.15, 0.2) is 0 Å². The quantitative estimate of drug-likeness (QED) is 0.595. The molecule has 1 atom stereocenters. The summed E-state index contributed by atoms with van der Waals surface area (Å²) < 4.78 is 11.2. The molecule has 0 saturated carbocycles. The smallest absolute Gasteiger partial charge is 0.349 e. The number of methoxy groups -OCH3 is 1. The SMILES string of the molecule is COCOC(CO)Cn1ccc(N)nc1=O. The van der Waals surface area contributed by atoms with Gasteiger partial charge in [-0.05, 0) is 6.07 Å². The molecule has 90 valence electrons. The summed E-state index contributed by atoms with van der Waals surface area (Å²) in [7, 11) is 1.48. The first-order valence-electron chi connectivity index (χ1n) is 4.71. The minimum absolute atomic E-state index is 0.0579. The van der Waals surface area contributed by atoms with E-state index in [1.807, 2.05) is 0 Å². The standard InChI is InChI=1S/C9H15N3O4/c1-15-6-16-7(5-13)4-12-3-2-8(10)11-9(12)14/h2-3,7,13H,4-6H2,1H3,(H2,10,11,14). The molecule has 1 rings (SSSR count). The molecule has 0 saturated heterocycles. The fourth-order valence-electron chi connectivity index (χ4n) is 1.13. The fraction of sp³-hybridized carbons (Fsp3) is 0.556. The summed E-state index contributed by atoms with van der Waals surface area (Å²) in [6.45, 7) is 0.0501. The van der Waals surface area contributed by atoms with E-state index in [0.29, 0.717) is 0 Å². The van der Waals surface area contributed by atoms with Crippen LogP contribution >= 0.6 is 0 Å². The van der Waals surface area contributed by atoms with Gasteiger partial charge in [0.1, 0.15) is 18.7 Å². The predicted octanol–water partition coefficient (Wildman–Crippen LogP) is -1.19. The number of hydrogen-bond donors (Lipinski definition) is 2. The Morgan fingerprint density at radius 1 is 1.69 bits per heavy atom. The van der Waals surface area contributed by atoms with E-state index in [1.54, 1.807) is 0 Å². The molecule has 0 aliphatic heterocycles. The number of aliphatic hydroxyl groups excluding tert-OH is 1. The molecule has 0 spiro atoms. The first-order valence-corrected chi connectivity index (χ1v) is 4.71. The van der Waals surface area contributed by atoms with E-state index in [4.69, 9.17) is 20.3 Å². The molecule has 7 heteroatoms. The summed E-state index contributed by atoms with van der Waals surface area (Å²) in [6, 6.07) is 1.51. The second kappa shape index (κ2) is 6.21. The van der Waals surface area contributed by atoms with Crippen LogP contribution in [0.1, 0.15) is 0 Å². The van der Waals surface area contributed by atoms with Gasteiger partial charge in [-0.15, -0.1) is 0 Å². The number of nitrogen functional groups attached to an aromatic ring is 1. The van der Waals surface area contributed by atoms with Crippen LogP contribution in [-0.2, 0) is 16.0 Å². The molecule has 1 unspecified atom stereocenters. The Morgan fingerprint density at radius 2 is 2.44 bits per heavy atom. The van der Waals surface area contributed by atoms with Crippen LogP contribution in [0.25, 0.3) is 0 Å². The van der Waals surface area contributed by atoms with Crippen molar-refractivity contribution in [3.63, 3.8) is 0 Å². The molecular weight excluding hydrogens is 214 g/mol. The molecule has 16 heavy (non-hydrogen) atoms. The zero-order chi connectivity index (χ0) is 12.0. The van der Waals surface area contributed by atoms with Crippen molar-refractivity contribution in [2.45, 2.75) is 12.6 Å². The first kappa shape index (κ1) is 12.6. The third-order valence-electron chi connectivity index (χ3n) is 1.92. The Labute approximate surface area is 92.4 Å². The Hall–Kier alpha value is -1.44. The fourth-order valence-corrected chi connectivity index (χ4v) is 1.13. The molecule has 7 nitrogen and oxygen atoms in total. The van der Waals surface area contributed by atoms with E-state index in [0.717, 1.165) is 0 Å². The van der Waals surface area contributed by atoms with E-state index >= 15 is 0 Å². The zero-order valence-electron chi connectivity index (χ0n) is 9.00. The van der Waals surface area contributed by atoms with Crippen molar-refractivity contribution in [3.8, 4) is 0 Å². The number of rotatable bonds is 6. The highest BCUT2D eigenvalue weighted by molar-refractivity contribution is 5.23. The van der Waals surface area contributed by atoms with Gasteiger partial charge in [0.2, 0.25) is 0 Å². The lowest BCUT2D eigenvalue weighted by molar-refractivity contribution is -0.0922. The highest BCUT2D eigenvalue weighted by Gasteiger charge is 2.09. The predicted molar refractivity (Wildman–Crippen MR) is 56.7 cm³/mol. The van der Waals surface area contributed by atoms with Crippen LogP contribution in [0.3, 0.4) is 0 Å².